The minimum Gasteiger partial charge on any atom is -0.497 e. The third-order valence-electron chi connectivity index (χ3n) is 2.99. The van der Waals surface area contributed by atoms with Crippen LogP contribution in [0.2, 0.25) is 0 Å². The van der Waals surface area contributed by atoms with Crippen molar-refractivity contribution in [3.05, 3.63) is 23.8 Å². The molecule has 0 saturated carbocycles. The van der Waals surface area contributed by atoms with Crippen molar-refractivity contribution in [3.8, 4) is 11.5 Å². The fourth-order valence-electron chi connectivity index (χ4n) is 1.99. The van der Waals surface area contributed by atoms with Crippen LogP contribution in [0.3, 0.4) is 0 Å². The molecule has 1 heterocycles. The maximum absolute atomic E-state index is 11.4. The van der Waals surface area contributed by atoms with E-state index in [9.17, 15) is 18.6 Å². The predicted molar refractivity (Wildman–Crippen MR) is 68.0 cm³/mol. The molecule has 1 aromatic carbocycles. The average Bonchev–Trinajstić information content (AvgIpc) is 2.62. The van der Waals surface area contributed by atoms with Crippen molar-refractivity contribution in [1.29, 1.82) is 0 Å². The molecule has 0 aliphatic carbocycles. The molecule has 0 radical (unpaired) electrons. The zero-order valence-corrected chi connectivity index (χ0v) is 11.3. The number of ether oxygens (including phenoxy) is 2. The van der Waals surface area contributed by atoms with Crippen molar-refractivity contribution < 1.29 is 28.1 Å². The van der Waals surface area contributed by atoms with Gasteiger partial charge in [0, 0.05) is 5.56 Å². The highest BCUT2D eigenvalue weighted by Gasteiger charge is 2.38. The van der Waals surface area contributed by atoms with Crippen LogP contribution in [0.4, 0.5) is 0 Å². The van der Waals surface area contributed by atoms with E-state index in [1.165, 1.54) is 7.11 Å². The molecule has 1 aliphatic heterocycles. The van der Waals surface area contributed by atoms with Crippen LogP contribution in [0.5, 0.6) is 11.5 Å². The van der Waals surface area contributed by atoms with Crippen LogP contribution in [0, 0.1) is 0 Å². The van der Waals surface area contributed by atoms with Crippen LogP contribution < -0.4 is 9.47 Å². The van der Waals surface area contributed by atoms with E-state index >= 15 is 0 Å². The van der Waals surface area contributed by atoms with Crippen LogP contribution in [0.1, 0.15) is 5.56 Å². The largest absolute Gasteiger partial charge is 0.497 e. The SMILES string of the molecule is COc1ccc(OC2CS(=O)(=O)CC2O)c(CO)c1. The number of hydrogen-bond acceptors (Lipinski definition) is 6. The van der Waals surface area contributed by atoms with Gasteiger partial charge in [-0.1, -0.05) is 0 Å². The van der Waals surface area contributed by atoms with Crippen LogP contribution in [-0.2, 0) is 16.4 Å². The van der Waals surface area contributed by atoms with E-state index in [-0.39, 0.29) is 18.1 Å². The van der Waals surface area contributed by atoms with Gasteiger partial charge in [0.25, 0.3) is 0 Å². The molecule has 2 atom stereocenters. The fraction of sp³-hybridized carbons (Fsp3) is 0.500. The van der Waals surface area contributed by atoms with Gasteiger partial charge in [0.1, 0.15) is 23.7 Å². The van der Waals surface area contributed by atoms with Crippen LogP contribution in [0.25, 0.3) is 0 Å². The van der Waals surface area contributed by atoms with Crippen molar-refractivity contribution in [2.45, 2.75) is 18.8 Å². The third kappa shape index (κ3) is 3.17. The van der Waals surface area contributed by atoms with Gasteiger partial charge < -0.3 is 19.7 Å². The third-order valence-corrected chi connectivity index (χ3v) is 4.67. The minimum atomic E-state index is -3.26. The molecule has 0 aromatic heterocycles. The molecule has 2 unspecified atom stereocenters. The first kappa shape index (κ1) is 14.1. The number of aliphatic hydroxyl groups excluding tert-OH is 2. The lowest BCUT2D eigenvalue weighted by molar-refractivity contribution is 0.0720. The summed E-state index contributed by atoms with van der Waals surface area (Å²) in [6.45, 7) is -0.262. The van der Waals surface area contributed by atoms with Gasteiger partial charge in [-0.05, 0) is 18.2 Å². The van der Waals surface area contributed by atoms with Crippen molar-refractivity contribution in [1.82, 2.24) is 0 Å². The van der Waals surface area contributed by atoms with E-state index in [2.05, 4.69) is 0 Å². The van der Waals surface area contributed by atoms with E-state index in [0.29, 0.717) is 17.1 Å². The summed E-state index contributed by atoms with van der Waals surface area (Å²) in [5.74, 6) is 0.410. The smallest absolute Gasteiger partial charge is 0.156 e. The first-order chi connectivity index (χ1) is 8.95. The summed E-state index contributed by atoms with van der Waals surface area (Å²) in [5.41, 5.74) is 0.482. The molecular weight excluding hydrogens is 272 g/mol. The molecule has 6 nitrogen and oxygen atoms in total. The minimum absolute atomic E-state index is 0.217. The van der Waals surface area contributed by atoms with E-state index < -0.39 is 22.0 Å². The first-order valence-corrected chi connectivity index (χ1v) is 7.60. The summed E-state index contributed by atoms with van der Waals surface area (Å²) in [6, 6.07) is 4.83. The van der Waals surface area contributed by atoms with Gasteiger partial charge in [-0.2, -0.15) is 0 Å². The number of benzene rings is 1. The molecule has 19 heavy (non-hydrogen) atoms. The molecule has 1 saturated heterocycles. The topological polar surface area (TPSA) is 93.1 Å². The number of methoxy groups -OCH3 is 1. The van der Waals surface area contributed by atoms with Gasteiger partial charge in [0.2, 0.25) is 0 Å². The number of rotatable bonds is 4. The summed E-state index contributed by atoms with van der Waals surface area (Å²) >= 11 is 0. The first-order valence-electron chi connectivity index (χ1n) is 5.78. The van der Waals surface area contributed by atoms with E-state index in [1.54, 1.807) is 18.2 Å². The van der Waals surface area contributed by atoms with Gasteiger partial charge in [0.05, 0.1) is 25.2 Å². The Morgan fingerprint density at radius 3 is 2.63 bits per heavy atom. The highest BCUT2D eigenvalue weighted by Crippen LogP contribution is 2.27. The standard InChI is InChI=1S/C12H16O6S/c1-17-9-2-3-11(8(4-9)5-13)18-12-7-19(15,16)6-10(12)14/h2-4,10,12-14H,5-7H2,1H3. The number of sulfone groups is 1. The Bertz CT molecular complexity index is 553. The van der Waals surface area contributed by atoms with Crippen molar-refractivity contribution in [2.75, 3.05) is 18.6 Å². The summed E-state index contributed by atoms with van der Waals surface area (Å²) in [7, 11) is -1.76. The molecule has 1 aromatic rings. The van der Waals surface area contributed by atoms with Crippen molar-refractivity contribution >= 4 is 9.84 Å². The summed E-state index contributed by atoms with van der Waals surface area (Å²) in [5, 5.41) is 18.9. The second-order valence-corrected chi connectivity index (χ2v) is 6.59. The summed E-state index contributed by atoms with van der Waals surface area (Å²) in [4.78, 5) is 0. The monoisotopic (exact) mass is 288 g/mol. The molecule has 7 heteroatoms. The summed E-state index contributed by atoms with van der Waals surface area (Å²) < 4.78 is 33.3. The Kier molecular flexibility index (Phi) is 3.98. The highest BCUT2D eigenvalue weighted by molar-refractivity contribution is 7.91. The second-order valence-electron chi connectivity index (χ2n) is 4.43. The van der Waals surface area contributed by atoms with Gasteiger partial charge in [-0.15, -0.1) is 0 Å². The van der Waals surface area contributed by atoms with Gasteiger partial charge in [0.15, 0.2) is 9.84 Å². The van der Waals surface area contributed by atoms with Gasteiger partial charge >= 0.3 is 0 Å². The second kappa shape index (κ2) is 5.36. The number of aliphatic hydroxyl groups is 2. The fourth-order valence-corrected chi connectivity index (χ4v) is 3.66. The van der Waals surface area contributed by atoms with E-state index in [0.717, 1.165) is 0 Å². The zero-order valence-electron chi connectivity index (χ0n) is 10.4. The maximum atomic E-state index is 11.4. The molecule has 0 bridgehead atoms. The molecule has 0 spiro atoms. The Morgan fingerprint density at radius 1 is 1.37 bits per heavy atom. The number of hydrogen-bond donors (Lipinski definition) is 2. The average molecular weight is 288 g/mol. The van der Waals surface area contributed by atoms with Gasteiger partial charge in [-0.25, -0.2) is 8.42 Å². The predicted octanol–water partition coefficient (Wildman–Crippen LogP) is -0.276. The normalized spacial score (nSPS) is 25.2. The molecule has 1 aliphatic rings. The van der Waals surface area contributed by atoms with Crippen LogP contribution in [0.15, 0.2) is 18.2 Å². The molecule has 0 amide bonds. The van der Waals surface area contributed by atoms with E-state index in [1.807, 2.05) is 0 Å². The van der Waals surface area contributed by atoms with Crippen molar-refractivity contribution in [3.63, 3.8) is 0 Å². The Morgan fingerprint density at radius 2 is 2.11 bits per heavy atom. The quantitative estimate of drug-likeness (QED) is 0.792. The van der Waals surface area contributed by atoms with Crippen LogP contribution in [-0.4, -0.2) is 49.5 Å². The molecule has 2 N–H and O–H groups in total. The van der Waals surface area contributed by atoms with Gasteiger partial charge in [-0.3, -0.25) is 0 Å². The Labute approximate surface area is 111 Å². The lowest BCUT2D eigenvalue weighted by Crippen LogP contribution is -2.30. The summed E-state index contributed by atoms with van der Waals surface area (Å²) in [6.07, 6.45) is -1.85. The molecule has 2 rings (SSSR count). The zero-order chi connectivity index (χ0) is 14.0. The molecule has 1 fully saturated rings. The molecule has 106 valence electrons. The Balaban J connectivity index is 2.19. The lowest BCUT2D eigenvalue weighted by atomic mass is 10.2. The maximum Gasteiger partial charge on any atom is 0.156 e. The highest BCUT2D eigenvalue weighted by atomic mass is 32.2. The Hall–Kier alpha value is -1.31. The lowest BCUT2D eigenvalue weighted by Gasteiger charge is -2.18. The molecular formula is C12H16O6S. The van der Waals surface area contributed by atoms with Crippen molar-refractivity contribution in [2.24, 2.45) is 0 Å². The van der Waals surface area contributed by atoms with E-state index in [4.69, 9.17) is 9.47 Å². The van der Waals surface area contributed by atoms with Crippen LogP contribution >= 0.6 is 0 Å².